The van der Waals surface area contributed by atoms with Gasteiger partial charge in [-0.3, -0.25) is 4.98 Å². The molecule has 0 aliphatic heterocycles. The fraction of sp³-hybridized carbons (Fsp3) is 0.200. The van der Waals surface area contributed by atoms with E-state index in [0.29, 0.717) is 11.1 Å². The molecular weight excluding hydrogens is 167 g/mol. The van der Waals surface area contributed by atoms with Crippen molar-refractivity contribution in [2.75, 3.05) is 0 Å². The highest BCUT2D eigenvalue weighted by molar-refractivity contribution is 5.77. The molecule has 0 fully saturated rings. The highest BCUT2D eigenvalue weighted by Crippen LogP contribution is 2.16. The van der Waals surface area contributed by atoms with Gasteiger partial charge in [-0.1, -0.05) is 0 Å². The van der Waals surface area contributed by atoms with Gasteiger partial charge < -0.3 is 0 Å². The Morgan fingerprint density at radius 2 is 2.00 bits per heavy atom. The third-order valence-corrected chi connectivity index (χ3v) is 2.02. The summed E-state index contributed by atoms with van der Waals surface area (Å²) >= 11 is 0. The molecular formula is C10H9FN2. The Balaban J connectivity index is 2.87. The molecule has 0 amide bonds. The van der Waals surface area contributed by atoms with Crippen LogP contribution in [0.3, 0.4) is 0 Å². The van der Waals surface area contributed by atoms with Crippen molar-refractivity contribution in [2.45, 2.75) is 13.8 Å². The summed E-state index contributed by atoms with van der Waals surface area (Å²) < 4.78 is 13.1. The van der Waals surface area contributed by atoms with Gasteiger partial charge in [0.1, 0.15) is 5.82 Å². The summed E-state index contributed by atoms with van der Waals surface area (Å²) in [4.78, 5) is 8.39. The van der Waals surface area contributed by atoms with Crippen molar-refractivity contribution in [3.8, 4) is 0 Å². The summed E-state index contributed by atoms with van der Waals surface area (Å²) in [6.45, 7) is 3.58. The van der Waals surface area contributed by atoms with Gasteiger partial charge in [-0.25, -0.2) is 9.37 Å². The Morgan fingerprint density at radius 3 is 2.77 bits per heavy atom. The number of hydrogen-bond donors (Lipinski definition) is 0. The van der Waals surface area contributed by atoms with Crippen LogP contribution in [0.2, 0.25) is 0 Å². The minimum absolute atomic E-state index is 0.231. The van der Waals surface area contributed by atoms with Crippen molar-refractivity contribution < 1.29 is 4.39 Å². The zero-order chi connectivity index (χ0) is 9.42. The zero-order valence-electron chi connectivity index (χ0n) is 7.50. The monoisotopic (exact) mass is 176 g/mol. The van der Waals surface area contributed by atoms with E-state index in [2.05, 4.69) is 9.97 Å². The van der Waals surface area contributed by atoms with Crippen molar-refractivity contribution in [3.05, 3.63) is 35.4 Å². The van der Waals surface area contributed by atoms with E-state index < -0.39 is 0 Å². The molecule has 0 aliphatic rings. The highest BCUT2D eigenvalue weighted by Gasteiger charge is 2.04. The molecule has 0 unspecified atom stereocenters. The maximum Gasteiger partial charge on any atom is 0.128 e. The van der Waals surface area contributed by atoms with Gasteiger partial charge in [0.25, 0.3) is 0 Å². The molecule has 1 heterocycles. The van der Waals surface area contributed by atoms with Crippen LogP contribution in [0.1, 0.15) is 11.3 Å². The average molecular weight is 176 g/mol. The molecule has 2 aromatic rings. The molecule has 13 heavy (non-hydrogen) atoms. The van der Waals surface area contributed by atoms with Crippen LogP contribution >= 0.6 is 0 Å². The fourth-order valence-corrected chi connectivity index (χ4v) is 1.29. The molecule has 1 aromatic carbocycles. The lowest BCUT2D eigenvalue weighted by atomic mass is 10.2. The van der Waals surface area contributed by atoms with Gasteiger partial charge in [0, 0.05) is 11.8 Å². The molecule has 0 aliphatic carbocycles. The first-order valence-corrected chi connectivity index (χ1v) is 4.07. The lowest BCUT2D eigenvalue weighted by molar-refractivity contribution is 0.620. The molecule has 0 N–H and O–H groups in total. The molecule has 0 saturated heterocycles. The Morgan fingerprint density at radius 1 is 1.23 bits per heavy atom. The van der Waals surface area contributed by atoms with Crippen LogP contribution in [0.25, 0.3) is 11.0 Å². The number of aryl methyl sites for hydroxylation is 2. The van der Waals surface area contributed by atoms with Crippen LogP contribution in [-0.2, 0) is 0 Å². The van der Waals surface area contributed by atoms with Gasteiger partial charge in [-0.15, -0.1) is 0 Å². The van der Waals surface area contributed by atoms with Gasteiger partial charge in [0.05, 0.1) is 16.7 Å². The maximum absolute atomic E-state index is 13.1. The second-order valence-electron chi connectivity index (χ2n) is 3.05. The Kier molecular flexibility index (Phi) is 1.72. The lowest BCUT2D eigenvalue weighted by Gasteiger charge is -2.01. The van der Waals surface area contributed by atoms with Crippen LogP contribution in [0.4, 0.5) is 4.39 Å². The van der Waals surface area contributed by atoms with E-state index in [-0.39, 0.29) is 5.82 Å². The lowest BCUT2D eigenvalue weighted by Crippen LogP contribution is -1.92. The van der Waals surface area contributed by atoms with Crippen molar-refractivity contribution in [3.63, 3.8) is 0 Å². The number of rotatable bonds is 0. The van der Waals surface area contributed by atoms with Gasteiger partial charge >= 0.3 is 0 Å². The molecule has 0 atom stereocenters. The van der Waals surface area contributed by atoms with Crippen molar-refractivity contribution in [2.24, 2.45) is 0 Å². The summed E-state index contributed by atoms with van der Waals surface area (Å²) in [5, 5.41) is 0. The minimum Gasteiger partial charge on any atom is -0.252 e. The van der Waals surface area contributed by atoms with Crippen LogP contribution < -0.4 is 0 Å². The van der Waals surface area contributed by atoms with Crippen molar-refractivity contribution in [1.82, 2.24) is 9.97 Å². The fourth-order valence-electron chi connectivity index (χ4n) is 1.29. The van der Waals surface area contributed by atoms with Crippen LogP contribution in [-0.4, -0.2) is 9.97 Å². The standard InChI is InChI=1S/C10H9FN2/c1-6-5-12-10-7(2)8(11)3-4-9(10)13-6/h3-5H,1-2H3. The largest absolute Gasteiger partial charge is 0.252 e. The topological polar surface area (TPSA) is 25.8 Å². The quantitative estimate of drug-likeness (QED) is 0.616. The van der Waals surface area contributed by atoms with E-state index in [0.717, 1.165) is 11.2 Å². The molecule has 1 aromatic heterocycles. The second kappa shape index (κ2) is 2.76. The molecule has 0 saturated carbocycles. The number of benzene rings is 1. The molecule has 0 radical (unpaired) electrons. The summed E-state index contributed by atoms with van der Waals surface area (Å²) in [6.07, 6.45) is 1.65. The van der Waals surface area contributed by atoms with E-state index in [1.54, 1.807) is 19.2 Å². The van der Waals surface area contributed by atoms with Gasteiger partial charge in [0.2, 0.25) is 0 Å². The number of aromatic nitrogens is 2. The third kappa shape index (κ3) is 1.26. The Labute approximate surface area is 75.4 Å². The second-order valence-corrected chi connectivity index (χ2v) is 3.05. The van der Waals surface area contributed by atoms with Gasteiger partial charge in [-0.05, 0) is 26.0 Å². The normalized spacial score (nSPS) is 10.7. The zero-order valence-corrected chi connectivity index (χ0v) is 7.50. The highest BCUT2D eigenvalue weighted by atomic mass is 19.1. The van der Waals surface area contributed by atoms with Crippen molar-refractivity contribution >= 4 is 11.0 Å². The van der Waals surface area contributed by atoms with Crippen LogP contribution in [0, 0.1) is 19.7 Å². The molecule has 0 spiro atoms. The van der Waals surface area contributed by atoms with E-state index in [1.807, 2.05) is 6.92 Å². The Hall–Kier alpha value is -1.51. The smallest absolute Gasteiger partial charge is 0.128 e. The summed E-state index contributed by atoms with van der Waals surface area (Å²) in [5.74, 6) is -0.231. The number of halogens is 1. The first kappa shape index (κ1) is 8.10. The van der Waals surface area contributed by atoms with Crippen LogP contribution in [0.5, 0.6) is 0 Å². The third-order valence-electron chi connectivity index (χ3n) is 2.02. The number of fused-ring (bicyclic) bond motifs is 1. The molecule has 2 rings (SSSR count). The predicted octanol–water partition coefficient (Wildman–Crippen LogP) is 2.39. The SMILES string of the molecule is Cc1cnc2c(C)c(F)ccc2n1. The van der Waals surface area contributed by atoms with E-state index in [4.69, 9.17) is 0 Å². The molecule has 2 nitrogen and oxygen atoms in total. The molecule has 0 bridgehead atoms. The van der Waals surface area contributed by atoms with Gasteiger partial charge in [0.15, 0.2) is 0 Å². The molecule has 66 valence electrons. The van der Waals surface area contributed by atoms with Crippen molar-refractivity contribution in [1.29, 1.82) is 0 Å². The first-order chi connectivity index (χ1) is 6.18. The number of hydrogen-bond acceptors (Lipinski definition) is 2. The molecule has 3 heteroatoms. The predicted molar refractivity (Wildman–Crippen MR) is 49.0 cm³/mol. The minimum atomic E-state index is -0.231. The van der Waals surface area contributed by atoms with E-state index in [9.17, 15) is 4.39 Å². The summed E-state index contributed by atoms with van der Waals surface area (Å²) in [6, 6.07) is 3.07. The summed E-state index contributed by atoms with van der Waals surface area (Å²) in [5.41, 5.74) is 2.80. The van der Waals surface area contributed by atoms with E-state index >= 15 is 0 Å². The van der Waals surface area contributed by atoms with E-state index in [1.165, 1.54) is 6.07 Å². The average Bonchev–Trinajstić information content (AvgIpc) is 2.12. The first-order valence-electron chi connectivity index (χ1n) is 4.07. The van der Waals surface area contributed by atoms with Gasteiger partial charge in [-0.2, -0.15) is 0 Å². The summed E-state index contributed by atoms with van der Waals surface area (Å²) in [7, 11) is 0. The number of nitrogens with zero attached hydrogens (tertiary/aromatic N) is 2. The Bertz CT molecular complexity index is 466. The van der Waals surface area contributed by atoms with Crippen LogP contribution in [0.15, 0.2) is 18.3 Å². The maximum atomic E-state index is 13.1.